The van der Waals surface area contributed by atoms with Gasteiger partial charge in [0.15, 0.2) is 5.75 Å². The van der Waals surface area contributed by atoms with E-state index in [1.807, 2.05) is 27.7 Å². The SMILES string of the molecule is COC(=O)C1=C(C(C)C)NC(=O)NC1c1cc(Cl)c(OCC(C)C)c(Cl)c1. The minimum atomic E-state index is -0.738. The van der Waals surface area contributed by atoms with Crippen LogP contribution in [0.1, 0.15) is 39.3 Å². The topological polar surface area (TPSA) is 76.7 Å². The van der Waals surface area contributed by atoms with Crippen molar-refractivity contribution in [3.63, 3.8) is 0 Å². The molecule has 8 heteroatoms. The lowest BCUT2D eigenvalue weighted by Crippen LogP contribution is -2.47. The first kappa shape index (κ1) is 21.4. The van der Waals surface area contributed by atoms with Crippen molar-refractivity contribution in [2.24, 2.45) is 11.8 Å². The van der Waals surface area contributed by atoms with E-state index in [4.69, 9.17) is 32.7 Å². The van der Waals surface area contributed by atoms with Crippen LogP contribution in [0.2, 0.25) is 10.0 Å². The third kappa shape index (κ3) is 4.87. The smallest absolute Gasteiger partial charge is 0.337 e. The molecule has 2 rings (SSSR count). The third-order valence-corrected chi connectivity index (χ3v) is 4.56. The lowest BCUT2D eigenvalue weighted by Gasteiger charge is -2.31. The predicted molar refractivity (Wildman–Crippen MR) is 105 cm³/mol. The molecule has 0 spiro atoms. The number of halogens is 2. The first-order valence-electron chi connectivity index (χ1n) is 8.67. The van der Waals surface area contributed by atoms with Crippen LogP contribution in [0, 0.1) is 11.8 Å². The molecule has 0 aliphatic carbocycles. The van der Waals surface area contributed by atoms with Gasteiger partial charge in [-0.2, -0.15) is 0 Å². The number of ether oxygens (including phenoxy) is 2. The summed E-state index contributed by atoms with van der Waals surface area (Å²) in [6.45, 7) is 8.25. The zero-order chi connectivity index (χ0) is 20.3. The number of rotatable bonds is 6. The van der Waals surface area contributed by atoms with Crippen LogP contribution in [0.15, 0.2) is 23.4 Å². The second kappa shape index (κ2) is 8.85. The quantitative estimate of drug-likeness (QED) is 0.673. The Balaban J connectivity index is 2.52. The van der Waals surface area contributed by atoms with Gasteiger partial charge < -0.3 is 20.1 Å². The van der Waals surface area contributed by atoms with Crippen LogP contribution < -0.4 is 15.4 Å². The molecule has 1 atom stereocenters. The van der Waals surface area contributed by atoms with E-state index in [1.165, 1.54) is 7.11 Å². The number of urea groups is 1. The first-order chi connectivity index (χ1) is 12.6. The number of carbonyl (C=O) groups excluding carboxylic acids is 2. The predicted octanol–water partition coefficient (Wildman–Crippen LogP) is 4.47. The Morgan fingerprint density at radius 3 is 2.26 bits per heavy atom. The molecular weight excluding hydrogens is 391 g/mol. The molecule has 0 saturated carbocycles. The van der Waals surface area contributed by atoms with Gasteiger partial charge in [0.05, 0.1) is 35.4 Å². The first-order valence-corrected chi connectivity index (χ1v) is 9.42. The van der Waals surface area contributed by atoms with Crippen molar-refractivity contribution in [3.8, 4) is 5.75 Å². The van der Waals surface area contributed by atoms with Gasteiger partial charge in [-0.25, -0.2) is 9.59 Å². The van der Waals surface area contributed by atoms with Crippen molar-refractivity contribution in [3.05, 3.63) is 39.0 Å². The van der Waals surface area contributed by atoms with Crippen LogP contribution in [-0.2, 0) is 9.53 Å². The van der Waals surface area contributed by atoms with Crippen LogP contribution in [0.5, 0.6) is 5.75 Å². The summed E-state index contributed by atoms with van der Waals surface area (Å²) >= 11 is 12.7. The van der Waals surface area contributed by atoms with Crippen molar-refractivity contribution in [1.82, 2.24) is 10.6 Å². The average Bonchev–Trinajstić information content (AvgIpc) is 2.59. The molecule has 1 aromatic carbocycles. The maximum Gasteiger partial charge on any atom is 0.337 e. The zero-order valence-corrected chi connectivity index (χ0v) is 17.5. The highest BCUT2D eigenvalue weighted by Gasteiger charge is 2.35. The van der Waals surface area contributed by atoms with E-state index in [0.717, 1.165) is 0 Å². The fourth-order valence-electron chi connectivity index (χ4n) is 2.76. The molecule has 27 heavy (non-hydrogen) atoms. The number of methoxy groups -OCH3 is 1. The normalized spacial score (nSPS) is 17.1. The summed E-state index contributed by atoms with van der Waals surface area (Å²) in [6, 6.07) is 2.13. The van der Waals surface area contributed by atoms with Gasteiger partial charge in [-0.05, 0) is 29.5 Å². The highest BCUT2D eigenvalue weighted by atomic mass is 35.5. The van der Waals surface area contributed by atoms with Crippen molar-refractivity contribution >= 4 is 35.2 Å². The molecule has 2 amide bonds. The summed E-state index contributed by atoms with van der Waals surface area (Å²) in [7, 11) is 1.30. The monoisotopic (exact) mass is 414 g/mol. The fraction of sp³-hybridized carbons (Fsp3) is 0.474. The second-order valence-electron chi connectivity index (χ2n) is 7.02. The van der Waals surface area contributed by atoms with Crippen molar-refractivity contribution in [2.45, 2.75) is 33.7 Å². The van der Waals surface area contributed by atoms with Crippen LogP contribution in [0.3, 0.4) is 0 Å². The molecular formula is C19H24Cl2N2O4. The Bertz CT molecular complexity index is 752. The number of amides is 2. The van der Waals surface area contributed by atoms with Gasteiger partial charge >= 0.3 is 12.0 Å². The van der Waals surface area contributed by atoms with E-state index < -0.39 is 18.0 Å². The molecule has 0 bridgehead atoms. The highest BCUT2D eigenvalue weighted by molar-refractivity contribution is 6.37. The zero-order valence-electron chi connectivity index (χ0n) is 16.0. The van der Waals surface area contributed by atoms with Crippen molar-refractivity contribution in [1.29, 1.82) is 0 Å². The number of hydrogen-bond donors (Lipinski definition) is 2. The summed E-state index contributed by atoms with van der Waals surface area (Å²) < 4.78 is 10.6. The lowest BCUT2D eigenvalue weighted by atomic mass is 9.91. The Labute approximate surface area is 169 Å². The van der Waals surface area contributed by atoms with Crippen LogP contribution >= 0.6 is 23.2 Å². The van der Waals surface area contributed by atoms with Crippen LogP contribution in [0.4, 0.5) is 4.79 Å². The second-order valence-corrected chi connectivity index (χ2v) is 7.84. The summed E-state index contributed by atoms with van der Waals surface area (Å²) in [5.74, 6) is 0.0579. The standard InChI is InChI=1S/C19H24Cl2N2O4/c1-9(2)8-27-17-12(20)6-11(7-13(17)21)16-14(18(24)26-5)15(10(3)4)22-19(25)23-16/h6-7,9-10,16H,8H2,1-5H3,(H2,22,23,25). The minimum Gasteiger partial charge on any atom is -0.490 e. The molecule has 0 radical (unpaired) electrons. The van der Waals surface area contributed by atoms with E-state index in [0.29, 0.717) is 45.2 Å². The molecule has 1 aromatic rings. The van der Waals surface area contributed by atoms with Gasteiger partial charge in [0.1, 0.15) is 0 Å². The van der Waals surface area contributed by atoms with E-state index >= 15 is 0 Å². The molecule has 148 valence electrons. The van der Waals surface area contributed by atoms with Gasteiger partial charge in [0.2, 0.25) is 0 Å². The average molecular weight is 415 g/mol. The van der Waals surface area contributed by atoms with E-state index in [1.54, 1.807) is 12.1 Å². The fourth-order valence-corrected chi connectivity index (χ4v) is 3.37. The summed E-state index contributed by atoms with van der Waals surface area (Å²) in [5.41, 5.74) is 1.38. The largest absolute Gasteiger partial charge is 0.490 e. The number of esters is 1. The Morgan fingerprint density at radius 1 is 1.19 bits per heavy atom. The third-order valence-electron chi connectivity index (χ3n) is 4.00. The van der Waals surface area contributed by atoms with Crippen molar-refractivity contribution < 1.29 is 19.1 Å². The molecule has 2 N–H and O–H groups in total. The number of carbonyl (C=O) groups is 2. The van der Waals surface area contributed by atoms with Crippen LogP contribution in [0.25, 0.3) is 0 Å². The van der Waals surface area contributed by atoms with Gasteiger partial charge in [-0.15, -0.1) is 0 Å². The lowest BCUT2D eigenvalue weighted by molar-refractivity contribution is -0.136. The van der Waals surface area contributed by atoms with Crippen molar-refractivity contribution in [2.75, 3.05) is 13.7 Å². The number of benzene rings is 1. The molecule has 0 saturated heterocycles. The maximum atomic E-state index is 12.4. The molecule has 6 nitrogen and oxygen atoms in total. The molecule has 0 aromatic heterocycles. The number of allylic oxidation sites excluding steroid dienone is 1. The van der Waals surface area contributed by atoms with Gasteiger partial charge in [0, 0.05) is 5.70 Å². The van der Waals surface area contributed by atoms with Gasteiger partial charge in [-0.3, -0.25) is 0 Å². The molecule has 1 aliphatic heterocycles. The van der Waals surface area contributed by atoms with Gasteiger partial charge in [-0.1, -0.05) is 50.9 Å². The summed E-state index contributed by atoms with van der Waals surface area (Å²) in [4.78, 5) is 24.6. The molecule has 0 fully saturated rings. The molecule has 1 aliphatic rings. The minimum absolute atomic E-state index is 0.0905. The van der Waals surface area contributed by atoms with Gasteiger partial charge in [0.25, 0.3) is 0 Å². The number of nitrogens with one attached hydrogen (secondary N) is 2. The van der Waals surface area contributed by atoms with Crippen LogP contribution in [-0.4, -0.2) is 25.7 Å². The summed E-state index contributed by atoms with van der Waals surface area (Å²) in [5, 5.41) is 6.05. The highest BCUT2D eigenvalue weighted by Crippen LogP contribution is 2.39. The Morgan fingerprint density at radius 2 is 1.78 bits per heavy atom. The Hall–Kier alpha value is -1.92. The molecule has 1 unspecified atom stereocenters. The Kier molecular flexibility index (Phi) is 7.00. The molecule has 1 heterocycles. The maximum absolute atomic E-state index is 12.4. The van der Waals surface area contributed by atoms with E-state index in [-0.39, 0.29) is 5.92 Å². The van der Waals surface area contributed by atoms with E-state index in [9.17, 15) is 9.59 Å². The summed E-state index contributed by atoms with van der Waals surface area (Å²) in [6.07, 6.45) is 0. The van der Waals surface area contributed by atoms with E-state index in [2.05, 4.69) is 10.6 Å². The number of hydrogen-bond acceptors (Lipinski definition) is 4.